The number of ether oxygens (including phenoxy) is 1. The van der Waals surface area contributed by atoms with Crippen LogP contribution in [-0.2, 0) is 0 Å². The maximum atomic E-state index is 12.9. The maximum absolute atomic E-state index is 12.9. The van der Waals surface area contributed by atoms with Crippen molar-refractivity contribution in [2.45, 2.75) is 13.0 Å². The van der Waals surface area contributed by atoms with Crippen LogP contribution in [0.4, 0.5) is 4.39 Å². The molecule has 4 heteroatoms. The van der Waals surface area contributed by atoms with E-state index >= 15 is 0 Å². The van der Waals surface area contributed by atoms with Gasteiger partial charge in [0.15, 0.2) is 0 Å². The Morgan fingerprint density at radius 1 is 1.53 bits per heavy atom. The second-order valence-corrected chi connectivity index (χ2v) is 3.43. The summed E-state index contributed by atoms with van der Waals surface area (Å²) in [5.41, 5.74) is 0.538. The Kier molecular flexibility index (Phi) is 4.52. The highest BCUT2D eigenvalue weighted by molar-refractivity contribution is 5.28. The topological polar surface area (TPSA) is 41.5 Å². The Bertz CT molecular complexity index is 317. The molecule has 0 aromatic heterocycles. The average molecular weight is 213 g/mol. The first-order valence-corrected chi connectivity index (χ1v) is 4.85. The Balaban J connectivity index is 2.47. The first-order chi connectivity index (χ1) is 7.13. The molecular formula is C11H16FNO2. The standard InChI is InChI=1S/C11H16FNO2/c1-8-5-10(3-4-11(8)12)15-7-9(14)6-13-2/h3-5,9,13-14H,6-7H2,1-2H3. The number of halogens is 1. The van der Waals surface area contributed by atoms with Crippen molar-refractivity contribution >= 4 is 0 Å². The molecule has 1 atom stereocenters. The summed E-state index contributed by atoms with van der Waals surface area (Å²) in [7, 11) is 1.76. The van der Waals surface area contributed by atoms with Crippen LogP contribution >= 0.6 is 0 Å². The van der Waals surface area contributed by atoms with Gasteiger partial charge in [0.2, 0.25) is 0 Å². The summed E-state index contributed by atoms with van der Waals surface area (Å²) >= 11 is 0. The van der Waals surface area contributed by atoms with E-state index in [1.807, 2.05) is 0 Å². The zero-order chi connectivity index (χ0) is 11.3. The van der Waals surface area contributed by atoms with Crippen molar-refractivity contribution in [1.29, 1.82) is 0 Å². The van der Waals surface area contributed by atoms with Crippen LogP contribution in [0.15, 0.2) is 18.2 Å². The van der Waals surface area contributed by atoms with Crippen molar-refractivity contribution in [1.82, 2.24) is 5.32 Å². The van der Waals surface area contributed by atoms with Gasteiger partial charge in [0.25, 0.3) is 0 Å². The van der Waals surface area contributed by atoms with Gasteiger partial charge in [0.05, 0.1) is 0 Å². The van der Waals surface area contributed by atoms with Crippen molar-refractivity contribution in [2.75, 3.05) is 20.2 Å². The van der Waals surface area contributed by atoms with E-state index in [2.05, 4.69) is 5.32 Å². The summed E-state index contributed by atoms with van der Waals surface area (Å²) in [5, 5.41) is 12.2. The number of aliphatic hydroxyl groups is 1. The monoisotopic (exact) mass is 213 g/mol. The summed E-state index contributed by atoms with van der Waals surface area (Å²) in [5.74, 6) is 0.321. The number of benzene rings is 1. The third kappa shape index (κ3) is 3.85. The molecule has 0 saturated carbocycles. The Labute approximate surface area is 88.9 Å². The van der Waals surface area contributed by atoms with Crippen LogP contribution in [0, 0.1) is 12.7 Å². The van der Waals surface area contributed by atoms with Crippen LogP contribution in [0.2, 0.25) is 0 Å². The average Bonchev–Trinajstić information content (AvgIpc) is 2.20. The van der Waals surface area contributed by atoms with Crippen LogP contribution in [0.1, 0.15) is 5.56 Å². The van der Waals surface area contributed by atoms with Gasteiger partial charge in [-0.15, -0.1) is 0 Å². The van der Waals surface area contributed by atoms with Gasteiger partial charge in [-0.05, 0) is 37.7 Å². The summed E-state index contributed by atoms with van der Waals surface area (Å²) < 4.78 is 18.2. The van der Waals surface area contributed by atoms with Gasteiger partial charge < -0.3 is 15.2 Å². The van der Waals surface area contributed by atoms with Gasteiger partial charge in [-0.2, -0.15) is 0 Å². The second-order valence-electron chi connectivity index (χ2n) is 3.43. The van der Waals surface area contributed by atoms with Crippen LogP contribution in [0.3, 0.4) is 0 Å². The fourth-order valence-corrected chi connectivity index (χ4v) is 1.19. The molecule has 0 bridgehead atoms. The fourth-order valence-electron chi connectivity index (χ4n) is 1.19. The number of aliphatic hydroxyl groups excluding tert-OH is 1. The Morgan fingerprint density at radius 2 is 2.27 bits per heavy atom. The molecule has 0 heterocycles. The second kappa shape index (κ2) is 5.68. The minimum atomic E-state index is -0.555. The molecule has 0 spiro atoms. The number of aryl methyl sites for hydroxylation is 1. The number of rotatable bonds is 5. The zero-order valence-electron chi connectivity index (χ0n) is 8.96. The van der Waals surface area contributed by atoms with Gasteiger partial charge in [0.1, 0.15) is 24.3 Å². The van der Waals surface area contributed by atoms with Crippen molar-refractivity contribution < 1.29 is 14.2 Å². The summed E-state index contributed by atoms with van der Waals surface area (Å²) in [4.78, 5) is 0. The minimum Gasteiger partial charge on any atom is -0.491 e. The molecule has 1 aromatic carbocycles. The van der Waals surface area contributed by atoms with Crippen molar-refractivity contribution in [3.05, 3.63) is 29.6 Å². The fraction of sp³-hybridized carbons (Fsp3) is 0.455. The Morgan fingerprint density at radius 3 is 2.87 bits per heavy atom. The third-order valence-electron chi connectivity index (χ3n) is 2.01. The molecular weight excluding hydrogens is 197 g/mol. The van der Waals surface area contributed by atoms with Gasteiger partial charge in [-0.25, -0.2) is 4.39 Å². The zero-order valence-corrected chi connectivity index (χ0v) is 8.96. The summed E-state index contributed by atoms with van der Waals surface area (Å²) in [6, 6.07) is 4.52. The van der Waals surface area contributed by atoms with Crippen LogP contribution in [0.25, 0.3) is 0 Å². The summed E-state index contributed by atoms with van der Waals surface area (Å²) in [6.45, 7) is 2.35. The lowest BCUT2D eigenvalue weighted by atomic mass is 10.2. The molecule has 0 saturated heterocycles. The Hall–Kier alpha value is -1.13. The molecule has 0 amide bonds. The van der Waals surface area contributed by atoms with Gasteiger partial charge in [-0.3, -0.25) is 0 Å². The molecule has 0 aliphatic carbocycles. The molecule has 0 aliphatic heterocycles. The SMILES string of the molecule is CNCC(O)COc1ccc(F)c(C)c1. The smallest absolute Gasteiger partial charge is 0.126 e. The third-order valence-corrected chi connectivity index (χ3v) is 2.01. The van der Waals surface area contributed by atoms with E-state index < -0.39 is 6.10 Å². The number of hydrogen-bond donors (Lipinski definition) is 2. The number of nitrogens with one attached hydrogen (secondary N) is 1. The minimum absolute atomic E-state index is 0.200. The van der Waals surface area contributed by atoms with Crippen molar-refractivity contribution in [2.24, 2.45) is 0 Å². The maximum Gasteiger partial charge on any atom is 0.126 e. The van der Waals surface area contributed by atoms with E-state index in [1.54, 1.807) is 26.1 Å². The molecule has 0 radical (unpaired) electrons. The predicted octanol–water partition coefficient (Wildman–Crippen LogP) is 1.09. The van der Waals surface area contributed by atoms with Crippen LogP contribution in [0.5, 0.6) is 5.75 Å². The lowest BCUT2D eigenvalue weighted by Crippen LogP contribution is -2.29. The predicted molar refractivity (Wildman–Crippen MR) is 56.6 cm³/mol. The van der Waals surface area contributed by atoms with Gasteiger partial charge >= 0.3 is 0 Å². The molecule has 0 aliphatic rings. The number of likely N-dealkylation sites (N-methyl/N-ethyl adjacent to an activating group) is 1. The van der Waals surface area contributed by atoms with E-state index in [9.17, 15) is 9.50 Å². The molecule has 1 unspecified atom stereocenters. The number of hydrogen-bond acceptors (Lipinski definition) is 3. The first kappa shape index (κ1) is 11.9. The van der Waals surface area contributed by atoms with Crippen LogP contribution < -0.4 is 10.1 Å². The normalized spacial score (nSPS) is 12.5. The summed E-state index contributed by atoms with van der Waals surface area (Å²) in [6.07, 6.45) is -0.555. The van der Waals surface area contributed by atoms with Gasteiger partial charge in [-0.1, -0.05) is 0 Å². The molecule has 1 aromatic rings. The van der Waals surface area contributed by atoms with Crippen LogP contribution in [-0.4, -0.2) is 31.4 Å². The van der Waals surface area contributed by atoms with E-state index in [4.69, 9.17) is 4.74 Å². The largest absolute Gasteiger partial charge is 0.491 e. The highest BCUT2D eigenvalue weighted by Crippen LogP contribution is 2.15. The lowest BCUT2D eigenvalue weighted by Gasteiger charge is -2.12. The molecule has 3 nitrogen and oxygen atoms in total. The van der Waals surface area contributed by atoms with Crippen molar-refractivity contribution in [3.63, 3.8) is 0 Å². The first-order valence-electron chi connectivity index (χ1n) is 4.85. The highest BCUT2D eigenvalue weighted by Gasteiger charge is 2.04. The van der Waals surface area contributed by atoms with E-state index in [0.717, 1.165) is 0 Å². The van der Waals surface area contributed by atoms with E-state index in [-0.39, 0.29) is 12.4 Å². The molecule has 84 valence electrons. The van der Waals surface area contributed by atoms with E-state index in [1.165, 1.54) is 6.07 Å². The molecule has 2 N–H and O–H groups in total. The molecule has 15 heavy (non-hydrogen) atoms. The van der Waals surface area contributed by atoms with E-state index in [0.29, 0.717) is 17.9 Å². The van der Waals surface area contributed by atoms with Gasteiger partial charge in [0, 0.05) is 6.54 Å². The molecule has 1 rings (SSSR count). The van der Waals surface area contributed by atoms with Crippen molar-refractivity contribution in [3.8, 4) is 5.75 Å². The lowest BCUT2D eigenvalue weighted by molar-refractivity contribution is 0.108. The quantitative estimate of drug-likeness (QED) is 0.769. The molecule has 0 fully saturated rings. The highest BCUT2D eigenvalue weighted by atomic mass is 19.1.